The Morgan fingerprint density at radius 3 is 2.53 bits per heavy atom. The second-order valence-electron chi connectivity index (χ2n) is 8.14. The fraction of sp³-hybridized carbons (Fsp3) is 0.350. The number of aromatic nitrogens is 4. The first kappa shape index (κ1) is 28.0. The summed E-state index contributed by atoms with van der Waals surface area (Å²) in [5.74, 6) is 0.488. The molecular weight excluding hydrogens is 592 g/mol. The highest BCUT2D eigenvalue weighted by molar-refractivity contribution is 9.10. The van der Waals surface area contributed by atoms with Gasteiger partial charge in [-0.1, -0.05) is 22.0 Å². The number of carbonyl (C=O) groups is 1. The molecular formula is C20H25BrN8O4S3. The summed E-state index contributed by atoms with van der Waals surface area (Å²) in [5, 5.41) is 26.2. The normalized spacial score (nSPS) is 13.8. The van der Waals surface area contributed by atoms with Crippen molar-refractivity contribution in [1.29, 1.82) is 0 Å². The Kier molecular flexibility index (Phi) is 8.76. The van der Waals surface area contributed by atoms with Crippen molar-refractivity contribution >= 4 is 76.5 Å². The molecule has 1 amide bonds. The maximum atomic E-state index is 12.6. The minimum atomic E-state index is -4.04. The molecule has 36 heavy (non-hydrogen) atoms. The molecule has 0 fully saturated rings. The number of nitrogens with zero attached hydrogens (tertiary/aromatic N) is 5. The molecule has 0 aliphatic heterocycles. The van der Waals surface area contributed by atoms with Crippen LogP contribution in [0.15, 0.2) is 47.9 Å². The van der Waals surface area contributed by atoms with E-state index in [-0.39, 0.29) is 21.4 Å². The standard InChI is InChI=1S/C20H25BrN8O4S3/c1-11(20(3,4)31)23-16-15(21)10-22-17(26-16)25-13-6-8-14(9-7-13)35(5)29-36(32,33)19-28-27-18(34-19)24-12(2)30/h6-11,31H,1-5H3,(H,24,27,30)(H2,22,23,25,26)/t11-,35?/m1/s1. The van der Waals surface area contributed by atoms with Gasteiger partial charge in [-0.2, -0.15) is 13.4 Å². The zero-order valence-electron chi connectivity index (χ0n) is 20.0. The maximum absolute atomic E-state index is 12.6. The lowest BCUT2D eigenvalue weighted by Gasteiger charge is -2.27. The molecule has 1 aromatic carbocycles. The van der Waals surface area contributed by atoms with Crippen LogP contribution >= 0.6 is 27.3 Å². The number of hydrogen-bond donors (Lipinski definition) is 4. The highest BCUT2D eigenvalue weighted by Gasteiger charge is 2.23. The SMILES string of the molecule is CC(=O)Nc1nnc(S(=O)(=O)/N=S(\C)c2ccc(Nc3ncc(Br)c(N[C@H](C)C(C)(C)O)n3)cc2)s1. The van der Waals surface area contributed by atoms with Gasteiger partial charge in [0.2, 0.25) is 17.0 Å². The Hall–Kier alpha value is -2.53. The van der Waals surface area contributed by atoms with E-state index >= 15 is 0 Å². The maximum Gasteiger partial charge on any atom is 0.317 e. The van der Waals surface area contributed by atoms with Gasteiger partial charge in [0.25, 0.3) is 4.34 Å². The molecule has 2 atom stereocenters. The predicted molar refractivity (Wildman–Crippen MR) is 144 cm³/mol. The van der Waals surface area contributed by atoms with Crippen molar-refractivity contribution in [3.05, 3.63) is 34.9 Å². The summed E-state index contributed by atoms with van der Waals surface area (Å²) < 4.78 is 29.5. The molecule has 2 aromatic heterocycles. The Balaban J connectivity index is 1.74. The van der Waals surface area contributed by atoms with Crippen molar-refractivity contribution in [1.82, 2.24) is 20.2 Å². The van der Waals surface area contributed by atoms with Crippen LogP contribution in [0.25, 0.3) is 0 Å². The number of nitrogens with one attached hydrogen (secondary N) is 3. The molecule has 0 bridgehead atoms. The van der Waals surface area contributed by atoms with Gasteiger partial charge in [-0.15, -0.1) is 14.0 Å². The highest BCUT2D eigenvalue weighted by Crippen LogP contribution is 2.26. The highest BCUT2D eigenvalue weighted by atomic mass is 79.9. The average Bonchev–Trinajstić information content (AvgIpc) is 3.24. The van der Waals surface area contributed by atoms with Crippen molar-refractivity contribution in [3.8, 4) is 0 Å². The monoisotopic (exact) mass is 616 g/mol. The molecule has 194 valence electrons. The molecule has 0 saturated carbocycles. The van der Waals surface area contributed by atoms with Crippen molar-refractivity contribution in [2.45, 2.75) is 48.6 Å². The Bertz CT molecular complexity index is 1390. The minimum absolute atomic E-state index is 0.0886. The summed E-state index contributed by atoms with van der Waals surface area (Å²) in [6.07, 6.45) is 3.27. The summed E-state index contributed by atoms with van der Waals surface area (Å²) in [6, 6.07) is 6.76. The number of rotatable bonds is 9. The molecule has 0 radical (unpaired) electrons. The van der Waals surface area contributed by atoms with Gasteiger partial charge in [-0.3, -0.25) is 4.79 Å². The van der Waals surface area contributed by atoms with Crippen LogP contribution in [-0.4, -0.2) is 57.5 Å². The first-order chi connectivity index (χ1) is 16.7. The van der Waals surface area contributed by atoms with Gasteiger partial charge >= 0.3 is 10.0 Å². The third-order valence-electron chi connectivity index (χ3n) is 4.73. The predicted octanol–water partition coefficient (Wildman–Crippen LogP) is 3.54. The van der Waals surface area contributed by atoms with Crippen molar-refractivity contribution in [2.24, 2.45) is 3.77 Å². The van der Waals surface area contributed by atoms with Crippen LogP contribution in [-0.2, 0) is 25.5 Å². The van der Waals surface area contributed by atoms with Gasteiger partial charge in [-0.05, 0) is 67.2 Å². The van der Waals surface area contributed by atoms with Gasteiger partial charge in [0, 0.05) is 23.7 Å². The smallest absolute Gasteiger partial charge is 0.317 e. The van der Waals surface area contributed by atoms with Gasteiger partial charge in [-0.25, -0.2) is 4.98 Å². The lowest BCUT2D eigenvalue weighted by Crippen LogP contribution is -2.39. The summed E-state index contributed by atoms with van der Waals surface area (Å²) in [4.78, 5) is 20.5. The molecule has 0 spiro atoms. The summed E-state index contributed by atoms with van der Waals surface area (Å²) in [5.41, 5.74) is -0.264. The van der Waals surface area contributed by atoms with Gasteiger partial charge < -0.3 is 21.1 Å². The molecule has 1 unspecified atom stereocenters. The number of carbonyl (C=O) groups excluding carboxylic acids is 1. The van der Waals surface area contributed by atoms with Crippen molar-refractivity contribution in [3.63, 3.8) is 0 Å². The first-order valence-corrected chi connectivity index (χ1v) is 15.0. The molecule has 12 nitrogen and oxygen atoms in total. The molecule has 2 heterocycles. The average molecular weight is 618 g/mol. The van der Waals surface area contributed by atoms with E-state index in [4.69, 9.17) is 0 Å². The summed E-state index contributed by atoms with van der Waals surface area (Å²) in [6.45, 7) is 6.55. The van der Waals surface area contributed by atoms with E-state index in [0.717, 1.165) is 11.3 Å². The number of amides is 1. The van der Waals surface area contributed by atoms with E-state index in [1.165, 1.54) is 6.92 Å². The van der Waals surface area contributed by atoms with Crippen LogP contribution < -0.4 is 16.0 Å². The number of hydrogen-bond acceptors (Lipinski definition) is 11. The quantitative estimate of drug-likeness (QED) is 0.260. The van der Waals surface area contributed by atoms with Crippen LogP contribution in [0.2, 0.25) is 0 Å². The Morgan fingerprint density at radius 1 is 1.25 bits per heavy atom. The third-order valence-corrected chi connectivity index (χ3v) is 9.98. The molecule has 0 aliphatic carbocycles. The van der Waals surface area contributed by atoms with E-state index in [1.54, 1.807) is 50.6 Å². The number of halogens is 1. The third kappa shape index (κ3) is 7.49. The first-order valence-electron chi connectivity index (χ1n) is 10.4. The van der Waals surface area contributed by atoms with E-state index < -0.39 is 26.3 Å². The molecule has 3 aromatic rings. The molecule has 16 heteroatoms. The van der Waals surface area contributed by atoms with Gasteiger partial charge in [0.15, 0.2) is 0 Å². The number of sulfonamides is 1. The second kappa shape index (κ2) is 11.2. The number of anilines is 4. The number of benzene rings is 1. The Morgan fingerprint density at radius 2 is 1.92 bits per heavy atom. The van der Waals surface area contributed by atoms with Crippen LogP contribution in [0.1, 0.15) is 27.7 Å². The second-order valence-corrected chi connectivity index (χ2v) is 13.6. The zero-order chi connectivity index (χ0) is 26.7. The fourth-order valence-corrected chi connectivity index (χ4v) is 6.72. The lowest BCUT2D eigenvalue weighted by molar-refractivity contribution is -0.114. The van der Waals surface area contributed by atoms with Gasteiger partial charge in [0.05, 0.1) is 16.1 Å². The largest absolute Gasteiger partial charge is 0.388 e. The van der Waals surface area contributed by atoms with E-state index in [1.807, 2.05) is 6.92 Å². The minimum Gasteiger partial charge on any atom is -0.388 e. The topological polar surface area (TPSA) is 171 Å². The van der Waals surface area contributed by atoms with Crippen LogP contribution in [0.5, 0.6) is 0 Å². The molecule has 0 saturated heterocycles. The van der Waals surface area contributed by atoms with Gasteiger partial charge in [0.1, 0.15) is 5.82 Å². The summed E-state index contributed by atoms with van der Waals surface area (Å²) >= 11 is 4.15. The molecule has 0 aliphatic rings. The van der Waals surface area contributed by atoms with Crippen LogP contribution in [0, 0.1) is 0 Å². The van der Waals surface area contributed by atoms with Crippen molar-refractivity contribution < 1.29 is 18.3 Å². The fourth-order valence-electron chi connectivity index (χ4n) is 2.51. The zero-order valence-corrected chi connectivity index (χ0v) is 24.0. The summed E-state index contributed by atoms with van der Waals surface area (Å²) in [7, 11) is -5.04. The number of aliphatic hydroxyl groups is 1. The van der Waals surface area contributed by atoms with E-state index in [9.17, 15) is 18.3 Å². The van der Waals surface area contributed by atoms with Crippen LogP contribution in [0.4, 0.5) is 22.6 Å². The van der Waals surface area contributed by atoms with Crippen LogP contribution in [0.3, 0.4) is 0 Å². The lowest BCUT2D eigenvalue weighted by atomic mass is 10.0. The van der Waals surface area contributed by atoms with Crippen molar-refractivity contribution in [2.75, 3.05) is 22.2 Å². The molecule has 3 rings (SSSR count). The Labute approximate surface area is 223 Å². The molecule has 4 N–H and O–H groups in total. The van der Waals surface area contributed by atoms with E-state index in [2.05, 4.69) is 55.8 Å². The van der Waals surface area contributed by atoms with E-state index in [0.29, 0.717) is 26.8 Å².